The molecule has 0 aliphatic carbocycles. The molecule has 2 heterocycles. The van der Waals surface area contributed by atoms with Crippen LogP contribution in [0.4, 0.5) is 13.2 Å². The van der Waals surface area contributed by atoms with Gasteiger partial charge < -0.3 is 10.0 Å². The van der Waals surface area contributed by atoms with Crippen LogP contribution < -0.4 is 0 Å². The average molecular weight is 395 g/mol. The van der Waals surface area contributed by atoms with Gasteiger partial charge in [-0.05, 0) is 25.0 Å². The molecule has 150 valence electrons. The van der Waals surface area contributed by atoms with E-state index in [1.807, 2.05) is 37.3 Å². The first-order valence-corrected chi connectivity index (χ1v) is 8.93. The van der Waals surface area contributed by atoms with Crippen LogP contribution in [0.25, 0.3) is 5.69 Å². The number of para-hydroxylation sites is 1. The summed E-state index contributed by atoms with van der Waals surface area (Å²) in [6.45, 7) is 0.755. The van der Waals surface area contributed by atoms with Gasteiger partial charge >= 0.3 is 12.1 Å². The Kier molecular flexibility index (Phi) is 5.18. The fourth-order valence-electron chi connectivity index (χ4n) is 3.50. The highest BCUT2D eigenvalue weighted by Crippen LogP contribution is 2.46. The first kappa shape index (κ1) is 19.9. The first-order chi connectivity index (χ1) is 13.2. The third-order valence-corrected chi connectivity index (χ3v) is 5.10. The minimum Gasteiger partial charge on any atom is -0.481 e. The van der Waals surface area contributed by atoms with Crippen molar-refractivity contribution in [1.29, 1.82) is 0 Å². The monoisotopic (exact) mass is 395 g/mol. The minimum absolute atomic E-state index is 0.203. The zero-order valence-corrected chi connectivity index (χ0v) is 15.2. The SMILES string of the molecule is CCCc1c(C(=O)N2CCC(C(=O)O)(C(F)(F)F)C2)cnn1-c1ccccc1. The molecule has 0 spiro atoms. The van der Waals surface area contributed by atoms with Crippen molar-refractivity contribution < 1.29 is 27.9 Å². The summed E-state index contributed by atoms with van der Waals surface area (Å²) in [6, 6.07) is 9.11. The summed E-state index contributed by atoms with van der Waals surface area (Å²) in [5, 5.41) is 13.4. The molecule has 1 aliphatic heterocycles. The van der Waals surface area contributed by atoms with Crippen molar-refractivity contribution in [1.82, 2.24) is 14.7 Å². The van der Waals surface area contributed by atoms with Crippen LogP contribution in [0.1, 0.15) is 35.8 Å². The van der Waals surface area contributed by atoms with Crippen LogP contribution in [0.2, 0.25) is 0 Å². The standard InChI is InChI=1S/C19H20F3N3O3/c1-2-6-15-14(11-23-25(15)13-7-4-3-5-8-13)16(26)24-10-9-18(12-24,17(27)28)19(20,21)22/h3-5,7-8,11H,2,6,9-10,12H2,1H3,(H,27,28). The summed E-state index contributed by atoms with van der Waals surface area (Å²) in [6.07, 6.45) is -3.04. The number of rotatable bonds is 5. The summed E-state index contributed by atoms with van der Waals surface area (Å²) in [5.41, 5.74) is -1.39. The Morgan fingerprint density at radius 2 is 1.93 bits per heavy atom. The zero-order chi connectivity index (χ0) is 20.5. The fraction of sp³-hybridized carbons (Fsp3) is 0.421. The molecule has 0 saturated carbocycles. The number of aromatic nitrogens is 2. The summed E-state index contributed by atoms with van der Waals surface area (Å²) in [4.78, 5) is 25.3. The van der Waals surface area contributed by atoms with E-state index in [1.165, 1.54) is 6.20 Å². The van der Waals surface area contributed by atoms with E-state index in [0.29, 0.717) is 18.5 Å². The number of hydrogen-bond acceptors (Lipinski definition) is 3. The third-order valence-electron chi connectivity index (χ3n) is 5.10. The second-order valence-electron chi connectivity index (χ2n) is 6.86. The number of halogens is 3. The maximum absolute atomic E-state index is 13.4. The number of carboxylic acid groups (broad SMARTS) is 1. The summed E-state index contributed by atoms with van der Waals surface area (Å²) in [7, 11) is 0. The van der Waals surface area contributed by atoms with Crippen LogP contribution in [-0.2, 0) is 11.2 Å². The Hall–Kier alpha value is -2.84. The van der Waals surface area contributed by atoms with Crippen LogP contribution in [0, 0.1) is 5.41 Å². The van der Waals surface area contributed by atoms with Gasteiger partial charge in [-0.25, -0.2) is 4.68 Å². The largest absolute Gasteiger partial charge is 0.481 e. The third kappa shape index (κ3) is 3.25. The number of likely N-dealkylation sites (tertiary alicyclic amines) is 1. The highest BCUT2D eigenvalue weighted by molar-refractivity contribution is 5.96. The molecule has 1 amide bonds. The van der Waals surface area contributed by atoms with Gasteiger partial charge in [-0.1, -0.05) is 31.5 Å². The van der Waals surface area contributed by atoms with Crippen LogP contribution >= 0.6 is 0 Å². The van der Waals surface area contributed by atoms with Crippen molar-refractivity contribution in [3.63, 3.8) is 0 Å². The molecule has 1 N–H and O–H groups in total. The predicted molar refractivity (Wildman–Crippen MR) is 94.2 cm³/mol. The highest BCUT2D eigenvalue weighted by Gasteiger charge is 2.64. The first-order valence-electron chi connectivity index (χ1n) is 8.93. The quantitative estimate of drug-likeness (QED) is 0.843. The maximum Gasteiger partial charge on any atom is 0.406 e. The van der Waals surface area contributed by atoms with E-state index >= 15 is 0 Å². The van der Waals surface area contributed by atoms with Gasteiger partial charge in [-0.15, -0.1) is 0 Å². The lowest BCUT2D eigenvalue weighted by atomic mass is 9.86. The molecule has 1 unspecified atom stereocenters. The van der Waals surface area contributed by atoms with E-state index in [9.17, 15) is 27.9 Å². The van der Waals surface area contributed by atoms with Gasteiger partial charge in [0.05, 0.1) is 23.1 Å². The lowest BCUT2D eigenvalue weighted by Gasteiger charge is -2.27. The highest BCUT2D eigenvalue weighted by atomic mass is 19.4. The lowest BCUT2D eigenvalue weighted by molar-refractivity contribution is -0.227. The second kappa shape index (κ2) is 7.29. The van der Waals surface area contributed by atoms with Crippen molar-refractivity contribution in [3.05, 3.63) is 47.8 Å². The Morgan fingerprint density at radius 1 is 1.25 bits per heavy atom. The molecule has 2 aromatic rings. The molecule has 1 fully saturated rings. The van der Waals surface area contributed by atoms with Gasteiger partial charge in [-0.2, -0.15) is 18.3 Å². The van der Waals surface area contributed by atoms with Crippen LogP contribution in [-0.4, -0.2) is 50.9 Å². The Balaban J connectivity index is 1.94. The number of aliphatic carboxylic acids is 1. The van der Waals surface area contributed by atoms with Crippen molar-refractivity contribution in [3.8, 4) is 5.69 Å². The molecular formula is C19H20F3N3O3. The van der Waals surface area contributed by atoms with Gasteiger partial charge in [0.15, 0.2) is 5.41 Å². The van der Waals surface area contributed by atoms with Crippen LogP contribution in [0.15, 0.2) is 36.5 Å². The van der Waals surface area contributed by atoms with Gasteiger partial charge in [0.25, 0.3) is 5.91 Å². The van der Waals surface area contributed by atoms with E-state index < -0.39 is 36.4 Å². The van der Waals surface area contributed by atoms with Gasteiger partial charge in [0, 0.05) is 13.1 Å². The molecule has 9 heteroatoms. The number of amides is 1. The summed E-state index contributed by atoms with van der Waals surface area (Å²) >= 11 is 0. The van der Waals surface area contributed by atoms with Crippen LogP contribution in [0.5, 0.6) is 0 Å². The van der Waals surface area contributed by atoms with E-state index in [4.69, 9.17) is 0 Å². The number of alkyl halides is 3. The Labute approximate surface area is 159 Å². The molecule has 28 heavy (non-hydrogen) atoms. The van der Waals surface area contributed by atoms with Crippen molar-refractivity contribution in [2.75, 3.05) is 13.1 Å². The zero-order valence-electron chi connectivity index (χ0n) is 15.2. The van der Waals surface area contributed by atoms with Crippen molar-refractivity contribution in [2.45, 2.75) is 32.4 Å². The number of carboxylic acids is 1. The maximum atomic E-state index is 13.4. The van der Waals surface area contributed by atoms with Crippen molar-refractivity contribution in [2.24, 2.45) is 5.41 Å². The average Bonchev–Trinajstić information content (AvgIpc) is 3.27. The normalized spacial score (nSPS) is 19.8. The molecule has 3 rings (SSSR count). The minimum atomic E-state index is -4.94. The Morgan fingerprint density at radius 3 is 2.46 bits per heavy atom. The predicted octanol–water partition coefficient (Wildman–Crippen LogP) is 3.30. The molecule has 1 aliphatic rings. The summed E-state index contributed by atoms with van der Waals surface area (Å²) in [5.74, 6) is -2.58. The second-order valence-corrected chi connectivity index (χ2v) is 6.86. The molecule has 6 nitrogen and oxygen atoms in total. The smallest absolute Gasteiger partial charge is 0.406 e. The van der Waals surface area contributed by atoms with E-state index in [2.05, 4.69) is 5.10 Å². The molecule has 1 atom stereocenters. The Bertz CT molecular complexity index is 880. The van der Waals surface area contributed by atoms with Gasteiger partial charge in [0.2, 0.25) is 0 Å². The van der Waals surface area contributed by atoms with E-state index in [0.717, 1.165) is 10.6 Å². The number of carbonyl (C=O) groups excluding carboxylic acids is 1. The number of benzene rings is 1. The molecule has 1 aromatic carbocycles. The number of carbonyl (C=O) groups is 2. The molecule has 1 aromatic heterocycles. The van der Waals surface area contributed by atoms with E-state index in [-0.39, 0.29) is 12.1 Å². The molecular weight excluding hydrogens is 375 g/mol. The molecule has 1 saturated heterocycles. The molecule has 0 bridgehead atoms. The van der Waals surface area contributed by atoms with E-state index in [1.54, 1.807) is 4.68 Å². The van der Waals surface area contributed by atoms with Crippen LogP contribution in [0.3, 0.4) is 0 Å². The van der Waals surface area contributed by atoms with Crippen molar-refractivity contribution >= 4 is 11.9 Å². The lowest BCUT2D eigenvalue weighted by Crippen LogP contribution is -2.47. The number of nitrogens with zero attached hydrogens (tertiary/aromatic N) is 3. The fourth-order valence-corrected chi connectivity index (χ4v) is 3.50. The number of hydrogen-bond donors (Lipinski definition) is 1. The topological polar surface area (TPSA) is 75.4 Å². The van der Waals surface area contributed by atoms with Gasteiger partial charge in [0.1, 0.15) is 0 Å². The molecule has 0 radical (unpaired) electrons. The summed E-state index contributed by atoms with van der Waals surface area (Å²) < 4.78 is 41.8. The van der Waals surface area contributed by atoms with Gasteiger partial charge in [-0.3, -0.25) is 9.59 Å².